The van der Waals surface area contributed by atoms with Crippen molar-refractivity contribution >= 4 is 11.6 Å². The average Bonchev–Trinajstić information content (AvgIpc) is 2.49. The molecule has 3 heterocycles. The number of aromatic nitrogens is 2. The molecule has 6 nitrogen and oxygen atoms in total. The minimum Gasteiger partial charge on any atom is -0.378 e. The Kier molecular flexibility index (Phi) is 3.56. The lowest BCUT2D eigenvalue weighted by atomic mass is 10.3. The lowest BCUT2D eigenvalue weighted by Gasteiger charge is -2.31. The van der Waals surface area contributed by atoms with Crippen molar-refractivity contribution in [1.29, 1.82) is 0 Å². The Morgan fingerprint density at radius 3 is 2.22 bits per heavy atom. The molecule has 6 heteroatoms. The van der Waals surface area contributed by atoms with Crippen molar-refractivity contribution in [2.24, 2.45) is 0 Å². The van der Waals surface area contributed by atoms with Crippen molar-refractivity contribution in [2.75, 3.05) is 62.3 Å². The highest BCUT2D eigenvalue weighted by Crippen LogP contribution is 2.18. The zero-order valence-corrected chi connectivity index (χ0v) is 10.5. The Hall–Kier alpha value is -1.40. The van der Waals surface area contributed by atoms with E-state index in [2.05, 4.69) is 31.2 Å². The van der Waals surface area contributed by atoms with Crippen LogP contribution in [0.2, 0.25) is 0 Å². The first-order chi connectivity index (χ1) is 8.93. The zero-order valence-electron chi connectivity index (χ0n) is 10.5. The molecule has 2 aliphatic heterocycles. The quantitative estimate of drug-likeness (QED) is 0.778. The molecule has 0 saturated carbocycles. The molecule has 2 fully saturated rings. The summed E-state index contributed by atoms with van der Waals surface area (Å²) in [7, 11) is 0. The van der Waals surface area contributed by atoms with Gasteiger partial charge in [-0.25, -0.2) is 9.97 Å². The Bertz CT molecular complexity index is 355. The number of hydrogen-bond donors (Lipinski definition) is 1. The van der Waals surface area contributed by atoms with Crippen LogP contribution in [0.5, 0.6) is 0 Å². The molecule has 3 rings (SSSR count). The Labute approximate surface area is 107 Å². The standard InChI is InChI=1S/C12H19N5O/c1-3-16(4-2-13-1)11-9-12(15-10-14-11)17-5-7-18-8-6-17/h9-10,13H,1-8H2. The summed E-state index contributed by atoms with van der Waals surface area (Å²) in [6.07, 6.45) is 1.67. The number of rotatable bonds is 2. The molecule has 1 aromatic rings. The number of anilines is 2. The van der Waals surface area contributed by atoms with Crippen LogP contribution in [-0.4, -0.2) is 62.5 Å². The van der Waals surface area contributed by atoms with Gasteiger partial charge in [0.05, 0.1) is 13.2 Å². The molecule has 1 aromatic heterocycles. The summed E-state index contributed by atoms with van der Waals surface area (Å²) in [6.45, 7) is 7.48. The first-order valence-electron chi connectivity index (χ1n) is 6.54. The SMILES string of the molecule is c1nc(N2CCNCC2)cc(N2CCOCC2)n1. The van der Waals surface area contributed by atoms with Gasteiger partial charge >= 0.3 is 0 Å². The third-order valence-electron chi connectivity index (χ3n) is 3.41. The Balaban J connectivity index is 1.75. The van der Waals surface area contributed by atoms with Gasteiger partial charge in [0.2, 0.25) is 0 Å². The van der Waals surface area contributed by atoms with Crippen LogP contribution < -0.4 is 15.1 Å². The summed E-state index contributed by atoms with van der Waals surface area (Å²) in [5.41, 5.74) is 0. The first-order valence-corrected chi connectivity index (χ1v) is 6.54. The molecule has 0 aromatic carbocycles. The van der Waals surface area contributed by atoms with Gasteiger partial charge in [0.1, 0.15) is 18.0 Å². The molecular weight excluding hydrogens is 230 g/mol. The maximum Gasteiger partial charge on any atom is 0.134 e. The molecule has 0 bridgehead atoms. The minimum absolute atomic E-state index is 0.785. The van der Waals surface area contributed by atoms with E-state index in [0.717, 1.165) is 64.1 Å². The molecule has 1 N–H and O–H groups in total. The van der Waals surface area contributed by atoms with E-state index in [9.17, 15) is 0 Å². The molecule has 0 unspecified atom stereocenters. The van der Waals surface area contributed by atoms with Crippen molar-refractivity contribution in [3.63, 3.8) is 0 Å². The summed E-state index contributed by atoms with van der Waals surface area (Å²) < 4.78 is 5.36. The number of piperazine rings is 1. The van der Waals surface area contributed by atoms with Crippen molar-refractivity contribution in [3.8, 4) is 0 Å². The lowest BCUT2D eigenvalue weighted by Crippen LogP contribution is -2.44. The van der Waals surface area contributed by atoms with E-state index in [-0.39, 0.29) is 0 Å². The third kappa shape index (κ3) is 2.54. The van der Waals surface area contributed by atoms with Crippen LogP contribution in [0.15, 0.2) is 12.4 Å². The molecule has 98 valence electrons. The van der Waals surface area contributed by atoms with Crippen LogP contribution in [0.3, 0.4) is 0 Å². The summed E-state index contributed by atoms with van der Waals surface area (Å²) in [4.78, 5) is 13.3. The van der Waals surface area contributed by atoms with Gasteiger partial charge in [-0.2, -0.15) is 0 Å². The molecule has 0 spiro atoms. The van der Waals surface area contributed by atoms with Crippen LogP contribution in [0.4, 0.5) is 11.6 Å². The zero-order chi connectivity index (χ0) is 12.2. The Morgan fingerprint density at radius 2 is 1.56 bits per heavy atom. The normalized spacial score (nSPS) is 21.1. The number of ether oxygens (including phenoxy) is 1. The summed E-state index contributed by atoms with van der Waals surface area (Å²) in [6, 6.07) is 2.09. The second-order valence-corrected chi connectivity index (χ2v) is 4.57. The van der Waals surface area contributed by atoms with Crippen LogP contribution in [0.1, 0.15) is 0 Å². The van der Waals surface area contributed by atoms with Gasteiger partial charge in [-0.1, -0.05) is 0 Å². The second kappa shape index (κ2) is 5.49. The van der Waals surface area contributed by atoms with Gasteiger partial charge in [-0.15, -0.1) is 0 Å². The van der Waals surface area contributed by atoms with E-state index in [0.29, 0.717) is 0 Å². The van der Waals surface area contributed by atoms with Crippen molar-refractivity contribution in [1.82, 2.24) is 15.3 Å². The van der Waals surface area contributed by atoms with Crippen LogP contribution in [0, 0.1) is 0 Å². The first kappa shape index (κ1) is 11.7. The fourth-order valence-corrected chi connectivity index (χ4v) is 2.37. The van der Waals surface area contributed by atoms with E-state index in [4.69, 9.17) is 4.74 Å². The lowest BCUT2D eigenvalue weighted by molar-refractivity contribution is 0.122. The van der Waals surface area contributed by atoms with Crippen molar-refractivity contribution in [3.05, 3.63) is 12.4 Å². The largest absolute Gasteiger partial charge is 0.378 e. The molecule has 18 heavy (non-hydrogen) atoms. The molecule has 0 aliphatic carbocycles. The maximum absolute atomic E-state index is 5.36. The number of nitrogens with zero attached hydrogens (tertiary/aromatic N) is 4. The predicted molar refractivity (Wildman–Crippen MR) is 70.1 cm³/mol. The van der Waals surface area contributed by atoms with Gasteiger partial charge in [0.15, 0.2) is 0 Å². The predicted octanol–water partition coefficient (Wildman–Crippen LogP) is -0.277. The van der Waals surface area contributed by atoms with Gasteiger partial charge in [-0.3, -0.25) is 0 Å². The third-order valence-corrected chi connectivity index (χ3v) is 3.41. The molecule has 0 radical (unpaired) electrons. The Morgan fingerprint density at radius 1 is 0.944 bits per heavy atom. The summed E-state index contributed by atoms with van der Waals surface area (Å²) in [5.74, 6) is 2.05. The fraction of sp³-hybridized carbons (Fsp3) is 0.667. The van der Waals surface area contributed by atoms with Gasteiger partial charge in [-0.05, 0) is 0 Å². The van der Waals surface area contributed by atoms with Crippen molar-refractivity contribution < 1.29 is 4.74 Å². The average molecular weight is 249 g/mol. The monoisotopic (exact) mass is 249 g/mol. The number of hydrogen-bond acceptors (Lipinski definition) is 6. The molecule has 2 saturated heterocycles. The molecule has 0 atom stereocenters. The van der Waals surface area contributed by atoms with Gasteiger partial charge < -0.3 is 19.9 Å². The minimum atomic E-state index is 0.785. The molecule has 0 amide bonds. The van der Waals surface area contributed by atoms with E-state index in [1.807, 2.05) is 0 Å². The topological polar surface area (TPSA) is 53.5 Å². The highest BCUT2D eigenvalue weighted by molar-refractivity contribution is 5.50. The molecule has 2 aliphatic rings. The maximum atomic E-state index is 5.36. The van der Waals surface area contributed by atoms with Crippen molar-refractivity contribution in [2.45, 2.75) is 0 Å². The number of nitrogens with one attached hydrogen (secondary N) is 1. The second-order valence-electron chi connectivity index (χ2n) is 4.57. The van der Waals surface area contributed by atoms with E-state index in [1.54, 1.807) is 6.33 Å². The summed E-state index contributed by atoms with van der Waals surface area (Å²) in [5, 5.41) is 3.35. The highest BCUT2D eigenvalue weighted by atomic mass is 16.5. The van der Waals surface area contributed by atoms with E-state index >= 15 is 0 Å². The van der Waals surface area contributed by atoms with Crippen LogP contribution in [0.25, 0.3) is 0 Å². The summed E-state index contributed by atoms with van der Waals surface area (Å²) >= 11 is 0. The smallest absolute Gasteiger partial charge is 0.134 e. The highest BCUT2D eigenvalue weighted by Gasteiger charge is 2.16. The molecular formula is C12H19N5O. The van der Waals surface area contributed by atoms with E-state index in [1.165, 1.54) is 0 Å². The van der Waals surface area contributed by atoms with Crippen LogP contribution >= 0.6 is 0 Å². The number of morpholine rings is 1. The van der Waals surface area contributed by atoms with E-state index < -0.39 is 0 Å². The van der Waals surface area contributed by atoms with Crippen LogP contribution in [-0.2, 0) is 4.74 Å². The fourth-order valence-electron chi connectivity index (χ4n) is 2.37. The van der Waals surface area contributed by atoms with Gasteiger partial charge in [0, 0.05) is 45.3 Å². The van der Waals surface area contributed by atoms with Gasteiger partial charge in [0.25, 0.3) is 0 Å².